The van der Waals surface area contributed by atoms with Crippen molar-refractivity contribution in [2.75, 3.05) is 0 Å². The summed E-state index contributed by atoms with van der Waals surface area (Å²) < 4.78 is 17.9. The molecule has 0 radical (unpaired) electrons. The van der Waals surface area contributed by atoms with Gasteiger partial charge in [-0.3, -0.25) is 0 Å². The number of benzene rings is 1. The van der Waals surface area contributed by atoms with Gasteiger partial charge in [0.25, 0.3) is 0 Å². The molecule has 2 atom stereocenters. The third kappa shape index (κ3) is 2.77. The van der Waals surface area contributed by atoms with Gasteiger partial charge in [0.15, 0.2) is 5.15 Å². The SMILES string of the molecule is Cc1cn(Cc2nc3c(Cl)nc4ccccc4c3n2[C@H]2CC[C@@H](F)C2)nn1. The van der Waals surface area contributed by atoms with Crippen LogP contribution in [-0.4, -0.2) is 35.7 Å². The number of nitrogens with zero attached hydrogens (tertiary/aromatic N) is 6. The number of hydrogen-bond acceptors (Lipinski definition) is 4. The van der Waals surface area contributed by atoms with E-state index in [-0.39, 0.29) is 6.04 Å². The molecule has 0 unspecified atom stereocenters. The summed E-state index contributed by atoms with van der Waals surface area (Å²) in [6.45, 7) is 2.35. The minimum absolute atomic E-state index is 0.0477. The molecule has 3 aromatic heterocycles. The Labute approximate surface area is 160 Å². The number of pyridine rings is 1. The fourth-order valence-corrected chi connectivity index (χ4v) is 4.29. The Hall–Kier alpha value is -2.54. The van der Waals surface area contributed by atoms with E-state index < -0.39 is 6.17 Å². The smallest absolute Gasteiger partial charge is 0.157 e. The molecule has 1 aromatic carbocycles. The van der Waals surface area contributed by atoms with Crippen molar-refractivity contribution in [2.45, 2.75) is 44.9 Å². The number of hydrogen-bond donors (Lipinski definition) is 0. The van der Waals surface area contributed by atoms with E-state index in [0.717, 1.165) is 34.4 Å². The van der Waals surface area contributed by atoms with Gasteiger partial charge >= 0.3 is 0 Å². The van der Waals surface area contributed by atoms with E-state index in [1.54, 1.807) is 4.68 Å². The summed E-state index contributed by atoms with van der Waals surface area (Å²) in [5, 5.41) is 9.54. The average molecular weight is 385 g/mol. The molecule has 4 aromatic rings. The highest BCUT2D eigenvalue weighted by Crippen LogP contribution is 2.38. The van der Waals surface area contributed by atoms with Crippen LogP contribution in [0, 0.1) is 6.92 Å². The minimum atomic E-state index is -0.780. The van der Waals surface area contributed by atoms with Crippen molar-refractivity contribution in [3.8, 4) is 0 Å². The lowest BCUT2D eigenvalue weighted by atomic mass is 10.1. The summed E-state index contributed by atoms with van der Waals surface area (Å²) in [6, 6.07) is 7.91. The second-order valence-corrected chi connectivity index (χ2v) is 7.49. The van der Waals surface area contributed by atoms with Crippen LogP contribution in [-0.2, 0) is 6.54 Å². The molecular weight excluding hydrogens is 367 g/mol. The Morgan fingerprint density at radius 2 is 2.07 bits per heavy atom. The summed E-state index contributed by atoms with van der Waals surface area (Å²) in [7, 11) is 0. The van der Waals surface area contributed by atoms with Gasteiger partial charge < -0.3 is 4.57 Å². The molecule has 27 heavy (non-hydrogen) atoms. The minimum Gasteiger partial charge on any atom is -0.323 e. The monoisotopic (exact) mass is 384 g/mol. The number of halogens is 2. The zero-order valence-corrected chi connectivity index (χ0v) is 15.6. The number of aryl methyl sites for hydroxylation is 1. The lowest BCUT2D eigenvalue weighted by molar-refractivity contribution is 0.330. The predicted molar refractivity (Wildman–Crippen MR) is 102 cm³/mol. The molecule has 1 fully saturated rings. The molecule has 0 aliphatic heterocycles. The molecule has 1 aliphatic rings. The van der Waals surface area contributed by atoms with Crippen LogP contribution in [0.5, 0.6) is 0 Å². The molecule has 0 N–H and O–H groups in total. The van der Waals surface area contributed by atoms with E-state index in [1.807, 2.05) is 37.4 Å². The van der Waals surface area contributed by atoms with Gasteiger partial charge in [-0.05, 0) is 32.3 Å². The first-order valence-corrected chi connectivity index (χ1v) is 9.44. The van der Waals surface area contributed by atoms with Crippen molar-refractivity contribution in [3.63, 3.8) is 0 Å². The number of rotatable bonds is 3. The van der Waals surface area contributed by atoms with Gasteiger partial charge in [0.1, 0.15) is 24.1 Å². The zero-order valence-electron chi connectivity index (χ0n) is 14.8. The molecular formula is C19H18ClFN6. The summed E-state index contributed by atoms with van der Waals surface area (Å²) in [6.07, 6.45) is 2.93. The lowest BCUT2D eigenvalue weighted by Crippen LogP contribution is -2.14. The molecule has 1 aliphatic carbocycles. The standard InChI is InChI=1S/C19H18ClFN6/c1-11-9-26(25-24-11)10-16-23-17-18(27(16)13-7-6-12(21)8-13)14-4-2-3-5-15(14)22-19(17)20/h2-5,9,12-13H,6-8,10H2,1H3/t12-,13+/m1/s1. The van der Waals surface area contributed by atoms with Crippen LogP contribution in [0.3, 0.4) is 0 Å². The molecule has 138 valence electrons. The Balaban J connectivity index is 1.78. The van der Waals surface area contributed by atoms with E-state index >= 15 is 0 Å². The highest BCUT2D eigenvalue weighted by atomic mass is 35.5. The Kier molecular flexibility index (Phi) is 3.86. The van der Waals surface area contributed by atoms with Gasteiger partial charge in [-0.1, -0.05) is 35.0 Å². The van der Waals surface area contributed by atoms with Crippen LogP contribution in [0.15, 0.2) is 30.5 Å². The zero-order chi connectivity index (χ0) is 18.5. The normalized spacial score (nSPS) is 20.1. The number of alkyl halides is 1. The highest BCUT2D eigenvalue weighted by Gasteiger charge is 2.30. The second-order valence-electron chi connectivity index (χ2n) is 7.14. The van der Waals surface area contributed by atoms with Crippen molar-refractivity contribution in [1.29, 1.82) is 0 Å². The fourth-order valence-electron chi connectivity index (χ4n) is 4.07. The van der Waals surface area contributed by atoms with Crippen molar-refractivity contribution in [2.24, 2.45) is 0 Å². The van der Waals surface area contributed by atoms with Crippen LogP contribution in [0.25, 0.3) is 21.9 Å². The maximum atomic E-state index is 14.0. The van der Waals surface area contributed by atoms with Crippen molar-refractivity contribution in [1.82, 2.24) is 29.5 Å². The fraction of sp³-hybridized carbons (Fsp3) is 0.368. The lowest BCUT2D eigenvalue weighted by Gasteiger charge is -2.17. The summed E-state index contributed by atoms with van der Waals surface area (Å²) in [5.41, 5.74) is 3.24. The van der Waals surface area contributed by atoms with Crippen LogP contribution >= 0.6 is 11.6 Å². The van der Waals surface area contributed by atoms with Crippen LogP contribution in [0.2, 0.25) is 5.15 Å². The average Bonchev–Trinajstić information content (AvgIpc) is 3.34. The molecule has 8 heteroatoms. The third-order valence-corrected chi connectivity index (χ3v) is 5.48. The van der Waals surface area contributed by atoms with E-state index in [2.05, 4.69) is 19.9 Å². The van der Waals surface area contributed by atoms with Crippen LogP contribution < -0.4 is 0 Å². The van der Waals surface area contributed by atoms with Gasteiger partial charge in [0.2, 0.25) is 0 Å². The maximum Gasteiger partial charge on any atom is 0.157 e. The van der Waals surface area contributed by atoms with Gasteiger partial charge in [0.05, 0.1) is 16.7 Å². The third-order valence-electron chi connectivity index (χ3n) is 5.22. The van der Waals surface area contributed by atoms with Gasteiger partial charge in [0, 0.05) is 17.6 Å². The Bertz CT molecular complexity index is 1150. The quantitative estimate of drug-likeness (QED) is 0.495. The number of aromatic nitrogens is 6. The van der Waals surface area contributed by atoms with E-state index in [1.165, 1.54) is 0 Å². The van der Waals surface area contributed by atoms with Gasteiger partial charge in [-0.2, -0.15) is 0 Å². The molecule has 0 saturated heterocycles. The summed E-state index contributed by atoms with van der Waals surface area (Å²) in [5.74, 6) is 0.800. The molecule has 6 nitrogen and oxygen atoms in total. The molecule has 0 amide bonds. The molecule has 3 heterocycles. The summed E-state index contributed by atoms with van der Waals surface area (Å²) in [4.78, 5) is 9.29. The number of para-hydroxylation sites is 1. The van der Waals surface area contributed by atoms with Gasteiger partial charge in [-0.25, -0.2) is 19.0 Å². The van der Waals surface area contributed by atoms with Gasteiger partial charge in [-0.15, -0.1) is 5.10 Å². The molecule has 1 saturated carbocycles. The molecule has 0 spiro atoms. The maximum absolute atomic E-state index is 14.0. The Morgan fingerprint density at radius 3 is 2.81 bits per heavy atom. The molecule has 5 rings (SSSR count). The summed E-state index contributed by atoms with van der Waals surface area (Å²) >= 11 is 6.47. The van der Waals surface area contributed by atoms with Crippen molar-refractivity contribution < 1.29 is 4.39 Å². The Morgan fingerprint density at radius 1 is 1.22 bits per heavy atom. The number of imidazole rings is 1. The van der Waals surface area contributed by atoms with E-state index in [4.69, 9.17) is 16.6 Å². The van der Waals surface area contributed by atoms with Crippen LogP contribution in [0.4, 0.5) is 4.39 Å². The van der Waals surface area contributed by atoms with E-state index in [9.17, 15) is 4.39 Å². The van der Waals surface area contributed by atoms with Crippen LogP contribution in [0.1, 0.15) is 36.8 Å². The first-order chi connectivity index (χ1) is 13.1. The second kappa shape index (κ2) is 6.27. The number of fused-ring (bicyclic) bond motifs is 3. The topological polar surface area (TPSA) is 61.4 Å². The van der Waals surface area contributed by atoms with E-state index in [0.29, 0.717) is 30.1 Å². The molecule has 0 bridgehead atoms. The largest absolute Gasteiger partial charge is 0.323 e. The first-order valence-electron chi connectivity index (χ1n) is 9.06. The van der Waals surface area contributed by atoms with Crippen molar-refractivity contribution >= 4 is 33.5 Å². The van der Waals surface area contributed by atoms with Crippen molar-refractivity contribution in [3.05, 3.63) is 47.1 Å². The first kappa shape index (κ1) is 16.6. The highest BCUT2D eigenvalue weighted by molar-refractivity contribution is 6.35. The predicted octanol–water partition coefficient (Wildman–Crippen LogP) is 4.25.